The molecule has 1 aromatic rings. The Morgan fingerprint density at radius 1 is 1.04 bits per heavy atom. The number of hydrogen-bond acceptors (Lipinski definition) is 4. The minimum Gasteiger partial charge on any atom is -0.360 e. The first kappa shape index (κ1) is 15.4. The molecule has 0 atom stereocenters. The van der Waals surface area contributed by atoms with Gasteiger partial charge in [0.25, 0.3) is 0 Å². The van der Waals surface area contributed by atoms with E-state index in [1.807, 2.05) is 24.5 Å². The molecule has 2 aliphatic rings. The van der Waals surface area contributed by atoms with Crippen LogP contribution in [0.4, 0.5) is 10.5 Å². The standard InChI is InChI=1S/C15H19N5O3/c1-2-19-13(21)14(22)20(15(19)23)11-17-7-9-18(10-8-17)12-3-5-16-6-4-12/h3-6H,2,7-11H2,1H3/p+2. The molecule has 0 aliphatic carbocycles. The second-order valence-electron chi connectivity index (χ2n) is 5.72. The lowest BCUT2D eigenvalue weighted by Gasteiger charge is -2.34. The van der Waals surface area contributed by atoms with E-state index >= 15 is 0 Å². The van der Waals surface area contributed by atoms with E-state index in [1.54, 1.807) is 6.92 Å². The minimum absolute atomic E-state index is 0.230. The number of aromatic nitrogens is 1. The predicted molar refractivity (Wildman–Crippen MR) is 80.4 cm³/mol. The lowest BCUT2D eigenvalue weighted by molar-refractivity contribution is -0.907. The van der Waals surface area contributed by atoms with E-state index in [-0.39, 0.29) is 13.2 Å². The number of piperazine rings is 1. The largest absolute Gasteiger partial charge is 0.360 e. The zero-order valence-corrected chi connectivity index (χ0v) is 13.1. The monoisotopic (exact) mass is 319 g/mol. The van der Waals surface area contributed by atoms with Crippen LogP contribution in [0.5, 0.6) is 0 Å². The third-order valence-corrected chi connectivity index (χ3v) is 4.37. The lowest BCUT2D eigenvalue weighted by atomic mass is 10.3. The van der Waals surface area contributed by atoms with E-state index in [0.717, 1.165) is 46.6 Å². The second-order valence-corrected chi connectivity index (χ2v) is 5.72. The zero-order valence-electron chi connectivity index (χ0n) is 13.1. The van der Waals surface area contributed by atoms with Gasteiger partial charge in [0.2, 0.25) is 0 Å². The smallest absolute Gasteiger partial charge is 0.338 e. The molecule has 3 rings (SSSR count). The molecule has 0 bridgehead atoms. The van der Waals surface area contributed by atoms with Crippen molar-refractivity contribution in [1.29, 1.82) is 0 Å². The van der Waals surface area contributed by atoms with Gasteiger partial charge in [-0.3, -0.25) is 14.5 Å². The first-order chi connectivity index (χ1) is 11.1. The van der Waals surface area contributed by atoms with Crippen LogP contribution in [-0.4, -0.2) is 67.0 Å². The molecule has 0 aromatic carbocycles. The van der Waals surface area contributed by atoms with E-state index in [9.17, 15) is 14.4 Å². The van der Waals surface area contributed by atoms with Gasteiger partial charge in [-0.25, -0.2) is 14.7 Å². The summed E-state index contributed by atoms with van der Waals surface area (Å²) >= 11 is 0. The van der Waals surface area contributed by atoms with Gasteiger partial charge in [0.05, 0.1) is 26.2 Å². The topological polar surface area (TPSA) is 79.5 Å². The summed E-state index contributed by atoms with van der Waals surface area (Å²) < 4.78 is 0. The Balaban J connectivity index is 1.58. The predicted octanol–water partition coefficient (Wildman–Crippen LogP) is -2.03. The maximum atomic E-state index is 12.1. The third-order valence-electron chi connectivity index (χ3n) is 4.37. The molecular weight excluding hydrogens is 298 g/mol. The van der Waals surface area contributed by atoms with Gasteiger partial charge in [-0.1, -0.05) is 0 Å². The molecule has 2 fully saturated rings. The van der Waals surface area contributed by atoms with Gasteiger partial charge in [0.15, 0.2) is 19.1 Å². The minimum atomic E-state index is -0.712. The molecule has 1 aromatic heterocycles. The number of likely N-dealkylation sites (N-methyl/N-ethyl adjacent to an activating group) is 1. The fourth-order valence-corrected chi connectivity index (χ4v) is 3.02. The van der Waals surface area contributed by atoms with E-state index in [4.69, 9.17) is 0 Å². The first-order valence-electron chi connectivity index (χ1n) is 7.83. The maximum Gasteiger partial charge on any atom is 0.338 e. The van der Waals surface area contributed by atoms with Crippen molar-refractivity contribution in [1.82, 2.24) is 9.80 Å². The Bertz CT molecular complexity index is 613. The molecule has 122 valence electrons. The van der Waals surface area contributed by atoms with E-state index < -0.39 is 17.8 Å². The maximum absolute atomic E-state index is 12.1. The molecule has 0 radical (unpaired) electrons. The van der Waals surface area contributed by atoms with Crippen LogP contribution in [0.15, 0.2) is 24.5 Å². The number of anilines is 1. The molecule has 0 unspecified atom stereocenters. The van der Waals surface area contributed by atoms with Crippen molar-refractivity contribution < 1.29 is 24.3 Å². The lowest BCUT2D eigenvalue weighted by Crippen LogP contribution is -3.16. The number of imide groups is 2. The van der Waals surface area contributed by atoms with Gasteiger partial charge in [0, 0.05) is 24.4 Å². The Morgan fingerprint density at radius 2 is 1.65 bits per heavy atom. The number of pyridine rings is 1. The fourth-order valence-electron chi connectivity index (χ4n) is 3.02. The number of aromatic amines is 1. The number of urea groups is 1. The summed E-state index contributed by atoms with van der Waals surface area (Å²) in [5.74, 6) is -1.42. The van der Waals surface area contributed by atoms with Crippen LogP contribution in [0.25, 0.3) is 0 Å². The molecular formula is C15H21N5O3+2. The number of carbonyl (C=O) groups is 3. The summed E-state index contributed by atoms with van der Waals surface area (Å²) in [6.07, 6.45) is 3.78. The zero-order chi connectivity index (χ0) is 16.4. The number of carbonyl (C=O) groups excluding carboxylic acids is 3. The molecule has 0 saturated carbocycles. The molecule has 4 amide bonds. The van der Waals surface area contributed by atoms with Crippen LogP contribution in [-0.2, 0) is 9.59 Å². The fraction of sp³-hybridized carbons (Fsp3) is 0.467. The number of hydrogen-bond donors (Lipinski definition) is 1. The van der Waals surface area contributed by atoms with Crippen LogP contribution in [0.3, 0.4) is 0 Å². The van der Waals surface area contributed by atoms with Gasteiger partial charge in [-0.2, -0.15) is 0 Å². The van der Waals surface area contributed by atoms with Gasteiger partial charge < -0.3 is 9.80 Å². The van der Waals surface area contributed by atoms with Crippen molar-refractivity contribution in [3.63, 3.8) is 0 Å². The number of amides is 4. The SMILES string of the molecule is CCN1C(=O)C(=O)N(C[NH+]2CCN(c3cc[nH+]cc3)CC2)C1=O. The number of H-pyrrole nitrogens is 1. The Labute approximate surface area is 134 Å². The molecule has 3 heterocycles. The highest BCUT2D eigenvalue weighted by atomic mass is 16.2. The van der Waals surface area contributed by atoms with Crippen molar-refractivity contribution in [2.45, 2.75) is 6.92 Å². The Kier molecular flexibility index (Phi) is 4.24. The van der Waals surface area contributed by atoms with Gasteiger partial charge in [0.1, 0.15) is 0 Å². The number of nitrogens with one attached hydrogen (secondary N) is 2. The molecule has 23 heavy (non-hydrogen) atoms. The average molecular weight is 319 g/mol. The van der Waals surface area contributed by atoms with Crippen molar-refractivity contribution in [2.24, 2.45) is 0 Å². The molecule has 2 saturated heterocycles. The summed E-state index contributed by atoms with van der Waals surface area (Å²) in [5.41, 5.74) is 1.16. The Morgan fingerprint density at radius 3 is 2.22 bits per heavy atom. The van der Waals surface area contributed by atoms with Crippen LogP contribution >= 0.6 is 0 Å². The van der Waals surface area contributed by atoms with Crippen LogP contribution in [0, 0.1) is 0 Å². The quantitative estimate of drug-likeness (QED) is 0.513. The van der Waals surface area contributed by atoms with Gasteiger partial charge >= 0.3 is 17.8 Å². The van der Waals surface area contributed by atoms with E-state index in [2.05, 4.69) is 9.88 Å². The summed E-state index contributed by atoms with van der Waals surface area (Å²) in [7, 11) is 0. The summed E-state index contributed by atoms with van der Waals surface area (Å²) in [6, 6.07) is 3.56. The van der Waals surface area contributed by atoms with Crippen molar-refractivity contribution in [3.05, 3.63) is 24.5 Å². The van der Waals surface area contributed by atoms with E-state index in [0.29, 0.717) is 0 Å². The number of rotatable bonds is 4. The average Bonchev–Trinajstić information content (AvgIpc) is 2.79. The molecule has 0 spiro atoms. The van der Waals surface area contributed by atoms with Crippen LogP contribution in [0.2, 0.25) is 0 Å². The van der Waals surface area contributed by atoms with Crippen LogP contribution in [0.1, 0.15) is 6.92 Å². The van der Waals surface area contributed by atoms with Crippen molar-refractivity contribution >= 4 is 23.5 Å². The van der Waals surface area contributed by atoms with Gasteiger partial charge in [-0.15, -0.1) is 0 Å². The van der Waals surface area contributed by atoms with E-state index in [1.165, 1.54) is 0 Å². The highest BCUT2D eigenvalue weighted by Crippen LogP contribution is 2.11. The third kappa shape index (κ3) is 2.89. The normalized spacial score (nSPS) is 19.9. The molecule has 8 heteroatoms. The Hall–Kier alpha value is -2.48. The van der Waals surface area contributed by atoms with Gasteiger partial charge in [-0.05, 0) is 6.92 Å². The second kappa shape index (κ2) is 6.33. The molecule has 8 nitrogen and oxygen atoms in total. The first-order valence-corrected chi connectivity index (χ1v) is 7.83. The van der Waals surface area contributed by atoms with Crippen LogP contribution < -0.4 is 14.8 Å². The number of quaternary nitrogens is 1. The summed E-state index contributed by atoms with van der Waals surface area (Å²) in [4.78, 5) is 44.2. The molecule has 2 N–H and O–H groups in total. The number of nitrogens with zero attached hydrogens (tertiary/aromatic N) is 3. The summed E-state index contributed by atoms with van der Waals surface area (Å²) in [6.45, 7) is 5.51. The molecule has 2 aliphatic heterocycles. The van der Waals surface area contributed by atoms with Crippen molar-refractivity contribution in [3.8, 4) is 0 Å². The summed E-state index contributed by atoms with van der Waals surface area (Å²) in [5, 5.41) is 0. The highest BCUT2D eigenvalue weighted by Gasteiger charge is 2.45. The highest BCUT2D eigenvalue weighted by molar-refractivity contribution is 6.44. The van der Waals surface area contributed by atoms with Crippen molar-refractivity contribution in [2.75, 3.05) is 44.3 Å².